The first-order chi connectivity index (χ1) is 13.4. The maximum atomic E-state index is 13.3. The zero-order valence-electron chi connectivity index (χ0n) is 14.4. The molecule has 0 amide bonds. The van der Waals surface area contributed by atoms with Crippen molar-refractivity contribution in [3.8, 4) is 22.8 Å². The largest absolute Gasteiger partial charge is 0.480 e. The van der Waals surface area contributed by atoms with Crippen LogP contribution in [0.4, 0.5) is 27.8 Å². The second kappa shape index (κ2) is 8.24. The van der Waals surface area contributed by atoms with E-state index in [4.69, 9.17) is 4.74 Å². The molecule has 3 rings (SSSR count). The second-order valence-electron chi connectivity index (χ2n) is 5.56. The highest BCUT2D eigenvalue weighted by Gasteiger charge is 2.20. The van der Waals surface area contributed by atoms with Crippen molar-refractivity contribution >= 4 is 16.7 Å². The quantitative estimate of drug-likeness (QED) is 0.453. The Hall–Kier alpha value is -3.17. The Labute approximate surface area is 156 Å². The van der Waals surface area contributed by atoms with Gasteiger partial charge < -0.3 is 14.8 Å². The van der Waals surface area contributed by atoms with Crippen molar-refractivity contribution in [1.82, 2.24) is 9.97 Å². The minimum absolute atomic E-state index is 0.0431. The van der Waals surface area contributed by atoms with Crippen molar-refractivity contribution < 1.29 is 31.4 Å². The Morgan fingerprint density at radius 1 is 0.964 bits per heavy atom. The normalized spacial score (nSPS) is 12.4. The molecule has 0 saturated heterocycles. The highest BCUT2D eigenvalue weighted by Crippen LogP contribution is 2.36. The van der Waals surface area contributed by atoms with Gasteiger partial charge in [0.1, 0.15) is 11.6 Å². The van der Waals surface area contributed by atoms with Gasteiger partial charge >= 0.3 is 6.61 Å². The molecule has 10 heteroatoms. The summed E-state index contributed by atoms with van der Waals surface area (Å²) in [6.45, 7) is -2.96. The number of methoxy groups -OCH3 is 1. The number of benzene rings is 1. The van der Waals surface area contributed by atoms with Crippen molar-refractivity contribution in [3.63, 3.8) is 0 Å². The third kappa shape index (κ3) is 4.21. The predicted molar refractivity (Wildman–Crippen MR) is 92.7 cm³/mol. The molecule has 1 atom stereocenters. The van der Waals surface area contributed by atoms with Gasteiger partial charge in [-0.15, -0.1) is 0 Å². The van der Waals surface area contributed by atoms with Gasteiger partial charge in [0, 0.05) is 11.6 Å². The number of hydrogen-bond acceptors (Lipinski definition) is 5. The van der Waals surface area contributed by atoms with Gasteiger partial charge in [0.25, 0.3) is 6.43 Å². The molecule has 1 aromatic carbocycles. The zero-order valence-corrected chi connectivity index (χ0v) is 14.4. The number of aromatic nitrogens is 2. The molecule has 0 aliphatic heterocycles. The molecule has 2 heterocycles. The van der Waals surface area contributed by atoms with E-state index in [1.807, 2.05) is 5.32 Å². The number of pyridine rings is 2. The molecule has 0 aliphatic rings. The van der Waals surface area contributed by atoms with Crippen LogP contribution in [0.3, 0.4) is 0 Å². The van der Waals surface area contributed by atoms with E-state index >= 15 is 0 Å². The van der Waals surface area contributed by atoms with Gasteiger partial charge in [-0.2, -0.15) is 8.78 Å². The van der Waals surface area contributed by atoms with Crippen molar-refractivity contribution in [2.24, 2.45) is 0 Å². The van der Waals surface area contributed by atoms with Crippen LogP contribution in [0.2, 0.25) is 0 Å². The second-order valence-corrected chi connectivity index (χ2v) is 5.56. The fourth-order valence-corrected chi connectivity index (χ4v) is 2.57. The molecule has 0 spiro atoms. The van der Waals surface area contributed by atoms with Crippen LogP contribution < -0.4 is 14.8 Å². The molecule has 1 N–H and O–H groups in total. The molecule has 148 valence electrons. The van der Waals surface area contributed by atoms with E-state index in [0.29, 0.717) is 22.0 Å². The number of fused-ring (bicyclic) bond motifs is 1. The maximum absolute atomic E-state index is 13.3. The Bertz CT molecular complexity index is 954. The van der Waals surface area contributed by atoms with E-state index in [1.165, 1.54) is 49.7 Å². The first kappa shape index (κ1) is 19.6. The predicted octanol–water partition coefficient (Wildman–Crippen LogP) is 4.88. The minimum atomic E-state index is -3.22. The molecule has 0 fully saturated rings. The van der Waals surface area contributed by atoms with Gasteiger partial charge in [-0.25, -0.2) is 23.1 Å². The van der Waals surface area contributed by atoms with Crippen molar-refractivity contribution in [3.05, 3.63) is 42.6 Å². The minimum Gasteiger partial charge on any atom is -0.480 e. The number of rotatable bonds is 7. The number of halogens is 5. The van der Waals surface area contributed by atoms with E-state index in [2.05, 4.69) is 14.7 Å². The molecule has 0 saturated carbocycles. The lowest BCUT2D eigenvalue weighted by Crippen LogP contribution is -2.22. The topological polar surface area (TPSA) is 56.3 Å². The molecule has 1 unspecified atom stereocenters. The highest BCUT2D eigenvalue weighted by atomic mass is 19.3. The van der Waals surface area contributed by atoms with Crippen LogP contribution in [0.25, 0.3) is 22.0 Å². The molecule has 0 bridgehead atoms. The maximum Gasteiger partial charge on any atom is 0.387 e. The van der Waals surface area contributed by atoms with Crippen LogP contribution in [-0.2, 0) is 0 Å². The van der Waals surface area contributed by atoms with Gasteiger partial charge in [-0.1, -0.05) is 12.1 Å². The Morgan fingerprint density at radius 2 is 1.68 bits per heavy atom. The van der Waals surface area contributed by atoms with Crippen LogP contribution in [0.1, 0.15) is 0 Å². The molecular formula is C18H14F5N3O2. The van der Waals surface area contributed by atoms with Gasteiger partial charge in [-0.05, 0) is 29.8 Å². The lowest BCUT2D eigenvalue weighted by Gasteiger charge is -2.14. The Balaban J connectivity index is 2.08. The molecule has 0 aliphatic carbocycles. The lowest BCUT2D eigenvalue weighted by molar-refractivity contribution is -0.0498. The van der Waals surface area contributed by atoms with Gasteiger partial charge in [0.05, 0.1) is 18.2 Å². The first-order valence-electron chi connectivity index (χ1n) is 7.97. The third-order valence-electron chi connectivity index (χ3n) is 3.77. The summed E-state index contributed by atoms with van der Waals surface area (Å²) in [5.41, 5.74) is 1.20. The third-order valence-corrected chi connectivity index (χ3v) is 3.77. The van der Waals surface area contributed by atoms with Crippen molar-refractivity contribution in [2.75, 3.05) is 12.4 Å². The van der Waals surface area contributed by atoms with Crippen LogP contribution in [0.15, 0.2) is 42.6 Å². The number of anilines is 1. The summed E-state index contributed by atoms with van der Waals surface area (Å²) in [6, 6.07) is 8.53. The van der Waals surface area contributed by atoms with Crippen LogP contribution in [-0.4, -0.2) is 36.4 Å². The summed E-state index contributed by atoms with van der Waals surface area (Å²) in [5, 5.41) is 2.53. The van der Waals surface area contributed by atoms with Crippen LogP contribution >= 0.6 is 0 Å². The lowest BCUT2D eigenvalue weighted by atomic mass is 10.0. The van der Waals surface area contributed by atoms with E-state index in [9.17, 15) is 22.0 Å². The van der Waals surface area contributed by atoms with Gasteiger partial charge in [-0.3, -0.25) is 0 Å². The number of nitrogens with one attached hydrogen (secondary N) is 1. The fourth-order valence-electron chi connectivity index (χ4n) is 2.57. The number of ether oxygens (including phenoxy) is 2. The van der Waals surface area contributed by atoms with E-state index < -0.39 is 19.3 Å². The smallest absolute Gasteiger partial charge is 0.387 e. The molecule has 5 nitrogen and oxygen atoms in total. The zero-order chi connectivity index (χ0) is 20.3. The first-order valence-corrected chi connectivity index (χ1v) is 7.97. The summed E-state index contributed by atoms with van der Waals surface area (Å²) in [4.78, 5) is 8.36. The fraction of sp³-hybridized carbons (Fsp3) is 0.222. The summed E-state index contributed by atoms with van der Waals surface area (Å²) in [6.07, 6.45) is -4.34. The van der Waals surface area contributed by atoms with E-state index in [-0.39, 0.29) is 17.4 Å². The highest BCUT2D eigenvalue weighted by molar-refractivity contribution is 5.96. The molecule has 3 aromatic rings. The monoisotopic (exact) mass is 399 g/mol. The summed E-state index contributed by atoms with van der Waals surface area (Å²) >= 11 is 0. The van der Waals surface area contributed by atoms with E-state index in [1.54, 1.807) is 0 Å². The number of alkyl halides is 5. The van der Waals surface area contributed by atoms with Crippen LogP contribution in [0.5, 0.6) is 11.6 Å². The summed E-state index contributed by atoms with van der Waals surface area (Å²) in [7, 11) is 1.38. The SMILES string of the molecule is COc1ncc2ccc(NC(F)C(F)F)nc2c1-c1ccc(OC(F)F)cc1. The Morgan fingerprint density at radius 3 is 2.29 bits per heavy atom. The molecule has 0 radical (unpaired) electrons. The summed E-state index contributed by atoms with van der Waals surface area (Å²) < 4.78 is 72.4. The molecule has 28 heavy (non-hydrogen) atoms. The average molecular weight is 399 g/mol. The standard InChI is InChI=1S/C18H14F5N3O2/c1-27-17-13(9-2-5-11(6-3-9)28-18(22)23)14-10(8-24-17)4-7-12(25-14)26-16(21)15(19)20/h2-8,15-16,18H,1H3,(H,25,26). The Kier molecular flexibility index (Phi) is 5.76. The summed E-state index contributed by atoms with van der Waals surface area (Å²) in [5.74, 6) is 0.0243. The van der Waals surface area contributed by atoms with Crippen molar-refractivity contribution in [1.29, 1.82) is 0 Å². The number of nitrogens with zero attached hydrogens (tertiary/aromatic N) is 2. The van der Waals surface area contributed by atoms with Gasteiger partial charge in [0.15, 0.2) is 0 Å². The number of hydrogen-bond donors (Lipinski definition) is 1. The van der Waals surface area contributed by atoms with Crippen LogP contribution in [0, 0.1) is 0 Å². The van der Waals surface area contributed by atoms with Gasteiger partial charge in [0.2, 0.25) is 12.2 Å². The molecular weight excluding hydrogens is 385 g/mol. The van der Waals surface area contributed by atoms with E-state index in [0.717, 1.165) is 0 Å². The van der Waals surface area contributed by atoms with Crippen molar-refractivity contribution in [2.45, 2.75) is 19.3 Å². The average Bonchev–Trinajstić information content (AvgIpc) is 2.67. The molecule has 2 aromatic heterocycles.